The first-order chi connectivity index (χ1) is 18.9. The maximum atomic E-state index is 15.6. The molecule has 39 heavy (non-hydrogen) atoms. The zero-order valence-corrected chi connectivity index (χ0v) is 23.3. The third kappa shape index (κ3) is 6.26. The summed E-state index contributed by atoms with van der Waals surface area (Å²) in [5.41, 5.74) is 3.07. The van der Waals surface area contributed by atoms with E-state index in [1.165, 1.54) is 24.5 Å². The molecular weight excluding hydrogens is 492 g/mol. The lowest BCUT2D eigenvalue weighted by molar-refractivity contribution is -0.127. The number of hydrogen-bond acceptors (Lipinski definition) is 2. The predicted octanol–water partition coefficient (Wildman–Crippen LogP) is 8.11. The van der Waals surface area contributed by atoms with E-state index in [9.17, 15) is 9.18 Å². The predicted molar refractivity (Wildman–Crippen MR) is 152 cm³/mol. The number of rotatable bonds is 8. The molecule has 0 bridgehead atoms. The fourth-order valence-electron chi connectivity index (χ4n) is 6.50. The first kappa shape index (κ1) is 27.5. The summed E-state index contributed by atoms with van der Waals surface area (Å²) in [4.78, 5) is 18.4. The Hall–Kier alpha value is -3.02. The molecule has 208 valence electrons. The van der Waals surface area contributed by atoms with Crippen LogP contribution in [-0.2, 0) is 11.2 Å². The summed E-state index contributed by atoms with van der Waals surface area (Å²) in [6, 6.07) is 10.8. The summed E-state index contributed by atoms with van der Waals surface area (Å²) in [6.45, 7) is 4.30. The van der Waals surface area contributed by atoms with Crippen molar-refractivity contribution in [1.29, 1.82) is 0 Å². The molecule has 1 unspecified atom stereocenters. The van der Waals surface area contributed by atoms with Gasteiger partial charge in [-0.3, -0.25) is 4.79 Å². The molecule has 5 rings (SSSR count). The Kier molecular flexibility index (Phi) is 8.79. The second kappa shape index (κ2) is 12.4. The zero-order valence-electron chi connectivity index (χ0n) is 23.3. The Morgan fingerprint density at radius 3 is 2.28 bits per heavy atom. The Labute approximate surface area is 231 Å². The smallest absolute Gasteiger partial charge is 0.243 e. The van der Waals surface area contributed by atoms with Crippen molar-refractivity contribution in [3.63, 3.8) is 0 Å². The van der Waals surface area contributed by atoms with Crippen LogP contribution in [0.1, 0.15) is 107 Å². The van der Waals surface area contributed by atoms with Gasteiger partial charge in [-0.2, -0.15) is 0 Å². The van der Waals surface area contributed by atoms with E-state index in [1.54, 1.807) is 18.5 Å². The molecule has 1 heterocycles. The Bertz CT molecular complexity index is 1250. The molecule has 0 radical (unpaired) electrons. The highest BCUT2D eigenvalue weighted by Gasteiger charge is 2.35. The van der Waals surface area contributed by atoms with Crippen molar-refractivity contribution in [3.05, 3.63) is 77.1 Å². The average Bonchev–Trinajstić information content (AvgIpc) is 3.41. The first-order valence-corrected chi connectivity index (χ1v) is 14.8. The van der Waals surface area contributed by atoms with Crippen LogP contribution in [0.5, 0.6) is 0 Å². The van der Waals surface area contributed by atoms with Crippen LogP contribution in [0, 0.1) is 17.6 Å². The monoisotopic (exact) mass is 533 g/mol. The van der Waals surface area contributed by atoms with Crippen LogP contribution < -0.4 is 5.32 Å². The topological polar surface area (TPSA) is 46.9 Å². The van der Waals surface area contributed by atoms with Gasteiger partial charge in [0.25, 0.3) is 0 Å². The molecule has 2 fully saturated rings. The van der Waals surface area contributed by atoms with E-state index in [1.807, 2.05) is 4.57 Å². The summed E-state index contributed by atoms with van der Waals surface area (Å²) >= 11 is 0. The minimum atomic E-state index is -0.908. The molecule has 1 amide bonds. The number of nitrogens with one attached hydrogen (secondary N) is 1. The Balaban J connectivity index is 1.52. The molecule has 2 aliphatic rings. The number of halogens is 2. The molecule has 1 atom stereocenters. The van der Waals surface area contributed by atoms with Crippen molar-refractivity contribution >= 4 is 5.91 Å². The zero-order chi connectivity index (χ0) is 27.4. The van der Waals surface area contributed by atoms with Crippen LogP contribution in [0.2, 0.25) is 0 Å². The van der Waals surface area contributed by atoms with Crippen LogP contribution in [0.4, 0.5) is 8.78 Å². The molecule has 6 heteroatoms. The highest BCUT2D eigenvalue weighted by atomic mass is 19.2. The summed E-state index contributed by atoms with van der Waals surface area (Å²) < 4.78 is 32.2. The van der Waals surface area contributed by atoms with Gasteiger partial charge >= 0.3 is 0 Å². The van der Waals surface area contributed by atoms with Gasteiger partial charge in [-0.15, -0.1) is 0 Å². The van der Waals surface area contributed by atoms with E-state index >= 15 is 4.39 Å². The van der Waals surface area contributed by atoms with E-state index in [0.717, 1.165) is 56.9 Å². The minimum Gasteiger partial charge on any atom is -0.352 e. The normalized spacial score (nSPS) is 17.9. The van der Waals surface area contributed by atoms with Crippen LogP contribution in [-0.4, -0.2) is 21.5 Å². The molecule has 1 N–H and O–H groups in total. The van der Waals surface area contributed by atoms with E-state index in [2.05, 4.69) is 48.4 Å². The Morgan fingerprint density at radius 1 is 0.949 bits per heavy atom. The molecule has 3 aromatic rings. The fraction of sp³-hybridized carbons (Fsp3) is 0.515. The number of imidazole rings is 1. The largest absolute Gasteiger partial charge is 0.352 e. The third-order valence-corrected chi connectivity index (χ3v) is 8.73. The molecule has 4 nitrogen and oxygen atoms in total. The number of aromatic nitrogens is 2. The number of amides is 1. The highest BCUT2D eigenvalue weighted by Crippen LogP contribution is 2.38. The maximum Gasteiger partial charge on any atom is 0.243 e. The van der Waals surface area contributed by atoms with Crippen molar-refractivity contribution in [1.82, 2.24) is 14.9 Å². The quantitative estimate of drug-likeness (QED) is 0.318. The van der Waals surface area contributed by atoms with E-state index in [0.29, 0.717) is 23.7 Å². The molecule has 2 aliphatic carbocycles. The molecule has 2 aromatic carbocycles. The van der Waals surface area contributed by atoms with Gasteiger partial charge in [0.1, 0.15) is 11.9 Å². The van der Waals surface area contributed by atoms with Gasteiger partial charge in [0.05, 0.1) is 5.56 Å². The van der Waals surface area contributed by atoms with Crippen molar-refractivity contribution in [2.24, 2.45) is 5.92 Å². The van der Waals surface area contributed by atoms with Crippen molar-refractivity contribution in [3.8, 4) is 11.4 Å². The number of benzene rings is 2. The van der Waals surface area contributed by atoms with Gasteiger partial charge in [-0.1, -0.05) is 82.7 Å². The van der Waals surface area contributed by atoms with Gasteiger partial charge in [-0.05, 0) is 66.7 Å². The van der Waals surface area contributed by atoms with Gasteiger partial charge in [0.15, 0.2) is 11.6 Å². The molecule has 2 saturated carbocycles. The van der Waals surface area contributed by atoms with E-state index in [4.69, 9.17) is 0 Å². The number of hydrogen-bond donors (Lipinski definition) is 1. The van der Waals surface area contributed by atoms with Crippen LogP contribution in [0.15, 0.2) is 48.8 Å². The molecule has 0 spiro atoms. The average molecular weight is 534 g/mol. The lowest BCUT2D eigenvalue weighted by Gasteiger charge is -2.33. The van der Waals surface area contributed by atoms with Crippen LogP contribution in [0.25, 0.3) is 11.4 Å². The lowest BCUT2D eigenvalue weighted by Crippen LogP contribution is -2.43. The van der Waals surface area contributed by atoms with Gasteiger partial charge < -0.3 is 9.88 Å². The summed E-state index contributed by atoms with van der Waals surface area (Å²) in [6.07, 6.45) is 14.5. The summed E-state index contributed by atoms with van der Waals surface area (Å²) in [7, 11) is 0. The molecule has 0 saturated heterocycles. The summed E-state index contributed by atoms with van der Waals surface area (Å²) in [5.74, 6) is -0.945. The Morgan fingerprint density at radius 2 is 1.62 bits per heavy atom. The minimum absolute atomic E-state index is 0.0179. The van der Waals surface area contributed by atoms with E-state index < -0.39 is 17.7 Å². The number of carbonyl (C=O) groups excluding carboxylic acids is 1. The molecular formula is C33H41F2N3O. The van der Waals surface area contributed by atoms with Gasteiger partial charge in [0.2, 0.25) is 5.91 Å². The summed E-state index contributed by atoms with van der Waals surface area (Å²) in [5, 5.41) is 3.32. The van der Waals surface area contributed by atoms with Crippen LogP contribution in [0.3, 0.4) is 0 Å². The number of carbonyl (C=O) groups is 1. The fourth-order valence-corrected chi connectivity index (χ4v) is 6.50. The van der Waals surface area contributed by atoms with Crippen molar-refractivity contribution in [2.75, 3.05) is 0 Å². The van der Waals surface area contributed by atoms with Gasteiger partial charge in [0, 0.05) is 18.4 Å². The third-order valence-electron chi connectivity index (χ3n) is 8.73. The maximum absolute atomic E-state index is 15.6. The van der Waals surface area contributed by atoms with Gasteiger partial charge in [-0.25, -0.2) is 13.8 Å². The molecule has 1 aromatic heterocycles. The molecule has 0 aliphatic heterocycles. The van der Waals surface area contributed by atoms with Crippen LogP contribution >= 0.6 is 0 Å². The van der Waals surface area contributed by atoms with Crippen molar-refractivity contribution < 1.29 is 13.6 Å². The highest BCUT2D eigenvalue weighted by molar-refractivity contribution is 5.82. The number of nitrogens with zero attached hydrogens (tertiary/aromatic N) is 2. The second-order valence-corrected chi connectivity index (χ2v) is 11.8. The lowest BCUT2D eigenvalue weighted by atomic mass is 9.82. The second-order valence-electron chi connectivity index (χ2n) is 11.8. The van der Waals surface area contributed by atoms with Crippen molar-refractivity contribution in [2.45, 2.75) is 102 Å². The van der Waals surface area contributed by atoms with E-state index in [-0.39, 0.29) is 23.4 Å². The SMILES string of the molecule is CC(C)c1ccc(Cc2ccc(F)c(F)c2-c2nccn2C(C(=O)NC2CCCCC2)C2CCCCC2)cc1. The standard InChI is InChI=1S/C33H41F2N3O/c1-22(2)24-15-13-23(14-16-24)21-26-17-18-28(34)30(35)29(26)32-36-19-20-38(32)31(25-9-5-3-6-10-25)33(39)37-27-11-7-4-8-12-27/h13-20,22,25,27,31H,3-12,21H2,1-2H3,(H,37,39). The first-order valence-electron chi connectivity index (χ1n) is 14.8.